The van der Waals surface area contributed by atoms with Crippen LogP contribution in [0.4, 0.5) is 4.79 Å². The van der Waals surface area contributed by atoms with Crippen LogP contribution in [0.1, 0.15) is 23.9 Å². The maximum absolute atomic E-state index is 11.1. The number of amides is 1. The molecule has 1 amide bonds. The van der Waals surface area contributed by atoms with Gasteiger partial charge in [0.1, 0.15) is 5.75 Å². The fourth-order valence-electron chi connectivity index (χ4n) is 2.93. The molecular weight excluding hydrogens is 336 g/mol. The Morgan fingerprint density at radius 1 is 1.31 bits per heavy atom. The Kier molecular flexibility index (Phi) is 5.80. The molecule has 9 heteroatoms. The summed E-state index contributed by atoms with van der Waals surface area (Å²) in [6.07, 6.45) is 2.91. The summed E-state index contributed by atoms with van der Waals surface area (Å²) in [5, 5.41) is 22.8. The molecule has 1 aromatic heterocycles. The lowest BCUT2D eigenvalue weighted by Crippen LogP contribution is -2.47. The van der Waals surface area contributed by atoms with Gasteiger partial charge in [-0.05, 0) is 35.1 Å². The van der Waals surface area contributed by atoms with Gasteiger partial charge in [-0.15, -0.1) is 5.10 Å². The molecule has 9 nitrogen and oxygen atoms in total. The fraction of sp³-hybridized carbons (Fsp3) is 0.412. The molecule has 0 saturated carbocycles. The summed E-state index contributed by atoms with van der Waals surface area (Å²) < 4.78 is 5.80. The molecule has 0 atom stereocenters. The van der Waals surface area contributed by atoms with Crippen molar-refractivity contribution < 1.29 is 14.6 Å². The number of benzene rings is 1. The molecule has 0 bridgehead atoms. The third-order valence-corrected chi connectivity index (χ3v) is 4.28. The minimum Gasteiger partial charge on any atom is -0.494 e. The van der Waals surface area contributed by atoms with Crippen LogP contribution >= 0.6 is 0 Å². The zero-order chi connectivity index (χ0) is 18.4. The zero-order valence-corrected chi connectivity index (χ0v) is 14.6. The Bertz CT molecular complexity index is 754. The number of piperazine rings is 1. The highest BCUT2D eigenvalue weighted by Gasteiger charge is 2.22. The number of hydrogen-bond acceptors (Lipinski definition) is 6. The van der Waals surface area contributed by atoms with Gasteiger partial charge in [-0.1, -0.05) is 18.2 Å². The molecule has 2 heterocycles. The number of carboxylic acid groups (broad SMARTS) is 1. The molecule has 1 aliphatic heterocycles. The Morgan fingerprint density at radius 2 is 2.12 bits per heavy atom. The molecule has 138 valence electrons. The summed E-state index contributed by atoms with van der Waals surface area (Å²) in [4.78, 5) is 14.8. The Labute approximate surface area is 151 Å². The minimum absolute atomic E-state index is 0.515. The zero-order valence-electron chi connectivity index (χ0n) is 14.6. The van der Waals surface area contributed by atoms with Crippen molar-refractivity contribution in [1.82, 2.24) is 30.4 Å². The van der Waals surface area contributed by atoms with Crippen molar-refractivity contribution in [2.24, 2.45) is 0 Å². The van der Waals surface area contributed by atoms with Crippen LogP contribution in [0.3, 0.4) is 0 Å². The average Bonchev–Trinajstić information content (AvgIpc) is 3.16. The van der Waals surface area contributed by atoms with E-state index < -0.39 is 6.09 Å². The highest BCUT2D eigenvalue weighted by Crippen LogP contribution is 2.26. The van der Waals surface area contributed by atoms with Gasteiger partial charge in [0.15, 0.2) is 5.82 Å². The first-order chi connectivity index (χ1) is 12.7. The molecule has 0 spiro atoms. The topological polar surface area (TPSA) is 107 Å². The molecule has 0 radical (unpaired) electrons. The minimum atomic E-state index is -0.858. The summed E-state index contributed by atoms with van der Waals surface area (Å²) in [5.41, 5.74) is 2.09. The van der Waals surface area contributed by atoms with E-state index in [9.17, 15) is 4.79 Å². The first-order valence-corrected chi connectivity index (χ1v) is 8.54. The van der Waals surface area contributed by atoms with E-state index in [-0.39, 0.29) is 0 Å². The van der Waals surface area contributed by atoms with Crippen LogP contribution in [-0.2, 0) is 6.54 Å². The molecule has 3 rings (SSSR count). The van der Waals surface area contributed by atoms with Crippen molar-refractivity contribution in [3.05, 3.63) is 35.2 Å². The van der Waals surface area contributed by atoms with Gasteiger partial charge in [-0.25, -0.2) is 9.89 Å². The van der Waals surface area contributed by atoms with E-state index in [1.54, 1.807) is 0 Å². The second kappa shape index (κ2) is 8.43. The lowest BCUT2D eigenvalue weighted by molar-refractivity contribution is 0.102. The number of aromatic nitrogens is 4. The third-order valence-electron chi connectivity index (χ3n) is 4.28. The highest BCUT2D eigenvalue weighted by atomic mass is 16.5. The van der Waals surface area contributed by atoms with Gasteiger partial charge < -0.3 is 14.7 Å². The van der Waals surface area contributed by atoms with Crippen LogP contribution in [0.15, 0.2) is 18.2 Å². The fourth-order valence-corrected chi connectivity index (χ4v) is 2.93. The largest absolute Gasteiger partial charge is 0.494 e. The highest BCUT2D eigenvalue weighted by molar-refractivity contribution is 5.70. The summed E-state index contributed by atoms with van der Waals surface area (Å²) in [6, 6.07) is 5.93. The molecule has 2 N–H and O–H groups in total. The molecular formula is C17H22N6O3. The predicted octanol–water partition coefficient (Wildman–Crippen LogP) is 1.56. The maximum atomic E-state index is 11.1. The Morgan fingerprint density at radius 3 is 2.77 bits per heavy atom. The smallest absolute Gasteiger partial charge is 0.407 e. The number of nitrogens with zero attached hydrogens (tertiary/aromatic N) is 5. The summed E-state index contributed by atoms with van der Waals surface area (Å²) >= 11 is 0. The quantitative estimate of drug-likeness (QED) is 0.807. The van der Waals surface area contributed by atoms with Crippen LogP contribution in [0.5, 0.6) is 5.75 Å². The van der Waals surface area contributed by atoms with Crippen molar-refractivity contribution in [3.63, 3.8) is 0 Å². The summed E-state index contributed by atoms with van der Waals surface area (Å²) in [6.45, 7) is 5.65. The SMILES string of the molecule is CCOc1cccc(/C=C/c2nnn[nH]2)c1CN1CCN(C(=O)O)CC1. The van der Waals surface area contributed by atoms with Gasteiger partial charge in [-0.3, -0.25) is 4.90 Å². The van der Waals surface area contributed by atoms with E-state index in [1.165, 1.54) is 4.90 Å². The van der Waals surface area contributed by atoms with Crippen molar-refractivity contribution in [2.75, 3.05) is 32.8 Å². The molecule has 1 saturated heterocycles. The van der Waals surface area contributed by atoms with Crippen LogP contribution in [0.25, 0.3) is 12.2 Å². The normalized spacial score (nSPS) is 15.5. The van der Waals surface area contributed by atoms with E-state index >= 15 is 0 Å². The van der Waals surface area contributed by atoms with Gasteiger partial charge in [0.05, 0.1) is 6.61 Å². The number of aromatic amines is 1. The second-order valence-corrected chi connectivity index (χ2v) is 5.92. The molecule has 0 aliphatic carbocycles. The lowest BCUT2D eigenvalue weighted by Gasteiger charge is -2.33. The first-order valence-electron chi connectivity index (χ1n) is 8.54. The molecule has 1 aromatic carbocycles. The lowest BCUT2D eigenvalue weighted by atomic mass is 10.0. The third kappa shape index (κ3) is 4.37. The summed E-state index contributed by atoms with van der Waals surface area (Å²) in [7, 11) is 0. The molecule has 26 heavy (non-hydrogen) atoms. The van der Waals surface area contributed by atoms with Gasteiger partial charge in [0, 0.05) is 38.3 Å². The second-order valence-electron chi connectivity index (χ2n) is 5.92. The number of nitrogens with one attached hydrogen (secondary N) is 1. The van der Waals surface area contributed by atoms with Gasteiger partial charge in [0.25, 0.3) is 0 Å². The van der Waals surface area contributed by atoms with E-state index in [4.69, 9.17) is 9.84 Å². The predicted molar refractivity (Wildman–Crippen MR) is 95.6 cm³/mol. The monoisotopic (exact) mass is 358 g/mol. The first kappa shape index (κ1) is 17.9. The number of tetrazole rings is 1. The van der Waals surface area contributed by atoms with Crippen LogP contribution in [0, 0.1) is 0 Å². The van der Waals surface area contributed by atoms with Crippen molar-refractivity contribution in [2.45, 2.75) is 13.5 Å². The number of hydrogen-bond donors (Lipinski definition) is 2. The van der Waals surface area contributed by atoms with Crippen molar-refractivity contribution in [1.29, 1.82) is 0 Å². The maximum Gasteiger partial charge on any atom is 0.407 e. The van der Waals surface area contributed by atoms with Crippen LogP contribution < -0.4 is 4.74 Å². The van der Waals surface area contributed by atoms with Crippen molar-refractivity contribution in [3.8, 4) is 5.75 Å². The molecule has 0 unspecified atom stereocenters. The van der Waals surface area contributed by atoms with E-state index in [0.717, 1.165) is 16.9 Å². The van der Waals surface area contributed by atoms with Crippen LogP contribution in [0.2, 0.25) is 0 Å². The Balaban J connectivity index is 1.78. The van der Waals surface area contributed by atoms with Gasteiger partial charge in [-0.2, -0.15) is 0 Å². The van der Waals surface area contributed by atoms with E-state index in [2.05, 4.69) is 25.5 Å². The van der Waals surface area contributed by atoms with Gasteiger partial charge in [0.2, 0.25) is 0 Å². The number of ether oxygens (including phenoxy) is 1. The number of H-pyrrole nitrogens is 1. The van der Waals surface area contributed by atoms with E-state index in [0.29, 0.717) is 45.2 Å². The van der Waals surface area contributed by atoms with Gasteiger partial charge >= 0.3 is 6.09 Å². The number of rotatable bonds is 6. The average molecular weight is 358 g/mol. The van der Waals surface area contributed by atoms with Crippen LogP contribution in [-0.4, -0.2) is 74.4 Å². The molecule has 1 aliphatic rings. The Hall–Kier alpha value is -2.94. The van der Waals surface area contributed by atoms with Crippen molar-refractivity contribution >= 4 is 18.2 Å². The molecule has 2 aromatic rings. The molecule has 1 fully saturated rings. The summed E-state index contributed by atoms with van der Waals surface area (Å²) in [5.74, 6) is 1.42. The number of carbonyl (C=O) groups is 1. The standard InChI is InChI=1S/C17H22N6O3/c1-2-26-15-5-3-4-13(6-7-16-18-20-21-19-16)14(15)12-22-8-10-23(11-9-22)17(24)25/h3-7H,2,8-12H2,1H3,(H,24,25)(H,18,19,20,21)/b7-6+. The van der Waals surface area contributed by atoms with E-state index in [1.807, 2.05) is 37.3 Å².